The molecular weight excluding hydrogens is 214 g/mol. The summed E-state index contributed by atoms with van der Waals surface area (Å²) < 4.78 is 24.7. The molecule has 0 rings (SSSR count). The van der Waals surface area contributed by atoms with Crippen LogP contribution in [0.4, 0.5) is 0 Å². The molecule has 0 radical (unpaired) electrons. The minimum atomic E-state index is -3.24. The van der Waals surface area contributed by atoms with Gasteiger partial charge in [0.1, 0.15) is 5.78 Å². The summed E-state index contributed by atoms with van der Waals surface area (Å²) in [5.74, 6) is 0.0610. The second kappa shape index (κ2) is 4.22. The predicted octanol–water partition coefficient (Wildman–Crippen LogP) is 1.32. The highest BCUT2D eigenvalue weighted by molar-refractivity contribution is 7.88. The zero-order chi connectivity index (χ0) is 12.5. The Bertz CT molecular complexity index is 342. The molecule has 0 fully saturated rings. The molecule has 1 N–H and O–H groups in total. The first-order chi connectivity index (χ1) is 6.36. The van der Waals surface area contributed by atoms with E-state index in [1.165, 1.54) is 6.92 Å². The summed E-state index contributed by atoms with van der Waals surface area (Å²) in [4.78, 5) is 11.3. The van der Waals surface area contributed by atoms with Gasteiger partial charge in [0.2, 0.25) is 10.0 Å². The van der Waals surface area contributed by atoms with E-state index in [2.05, 4.69) is 4.72 Å². The summed E-state index contributed by atoms with van der Waals surface area (Å²) in [6.07, 6.45) is 1.60. The number of Topliss-reactive ketones (excluding diaryl/α,β-unsaturated/α-hetero) is 1. The van der Waals surface area contributed by atoms with Crippen LogP contribution in [0, 0.1) is 5.41 Å². The van der Waals surface area contributed by atoms with Crippen LogP contribution in [-0.4, -0.2) is 26.0 Å². The predicted molar refractivity (Wildman–Crippen MR) is 61.1 cm³/mol. The number of nitrogens with one attached hydrogen (secondary N) is 1. The Kier molecular flexibility index (Phi) is 4.10. The van der Waals surface area contributed by atoms with Crippen LogP contribution in [0.2, 0.25) is 0 Å². The van der Waals surface area contributed by atoms with Gasteiger partial charge in [-0.05, 0) is 27.2 Å². The monoisotopic (exact) mass is 235 g/mol. The van der Waals surface area contributed by atoms with Gasteiger partial charge in [0.15, 0.2) is 0 Å². The van der Waals surface area contributed by atoms with E-state index in [1.807, 2.05) is 13.8 Å². The summed E-state index contributed by atoms with van der Waals surface area (Å²) >= 11 is 0. The third-order valence-corrected chi connectivity index (χ3v) is 3.22. The van der Waals surface area contributed by atoms with Gasteiger partial charge in [-0.2, -0.15) is 0 Å². The average Bonchev–Trinajstić information content (AvgIpc) is 1.75. The van der Waals surface area contributed by atoms with E-state index in [9.17, 15) is 13.2 Å². The van der Waals surface area contributed by atoms with Crippen LogP contribution in [0.1, 0.15) is 41.0 Å². The standard InChI is InChI=1S/C10H21NO3S/c1-8(12)9(2,3)7-10(4,5)11-15(6,13)14/h11H,7H2,1-6H3. The molecular formula is C10H21NO3S. The quantitative estimate of drug-likeness (QED) is 0.781. The molecule has 0 saturated heterocycles. The van der Waals surface area contributed by atoms with Gasteiger partial charge in [-0.15, -0.1) is 0 Å². The third-order valence-electron chi connectivity index (χ3n) is 2.30. The molecule has 0 aromatic carbocycles. The number of hydrogen-bond acceptors (Lipinski definition) is 3. The Balaban J connectivity index is 4.72. The molecule has 0 saturated carbocycles. The van der Waals surface area contributed by atoms with Crippen molar-refractivity contribution >= 4 is 15.8 Å². The number of hydrogen-bond donors (Lipinski definition) is 1. The highest BCUT2D eigenvalue weighted by atomic mass is 32.2. The van der Waals surface area contributed by atoms with Crippen LogP contribution in [-0.2, 0) is 14.8 Å². The molecule has 0 atom stereocenters. The Morgan fingerprint density at radius 2 is 1.60 bits per heavy atom. The van der Waals surface area contributed by atoms with Gasteiger partial charge in [0, 0.05) is 11.0 Å². The normalized spacial score (nSPS) is 14.0. The van der Waals surface area contributed by atoms with Gasteiger partial charge in [0.05, 0.1) is 6.26 Å². The second-order valence-electron chi connectivity index (χ2n) is 5.37. The minimum absolute atomic E-state index is 0.0610. The van der Waals surface area contributed by atoms with Crippen molar-refractivity contribution < 1.29 is 13.2 Å². The van der Waals surface area contributed by atoms with Crippen LogP contribution < -0.4 is 4.72 Å². The molecule has 0 spiro atoms. The fraction of sp³-hybridized carbons (Fsp3) is 0.900. The van der Waals surface area contributed by atoms with E-state index < -0.39 is 21.0 Å². The van der Waals surface area contributed by atoms with Crippen molar-refractivity contribution in [1.82, 2.24) is 4.72 Å². The van der Waals surface area contributed by atoms with Crippen molar-refractivity contribution in [2.45, 2.75) is 46.6 Å². The van der Waals surface area contributed by atoms with Crippen LogP contribution in [0.25, 0.3) is 0 Å². The first-order valence-corrected chi connectivity index (χ1v) is 6.75. The Morgan fingerprint density at radius 3 is 1.87 bits per heavy atom. The first kappa shape index (κ1) is 14.6. The maximum absolute atomic E-state index is 11.3. The number of rotatable bonds is 5. The van der Waals surface area contributed by atoms with Crippen molar-refractivity contribution in [1.29, 1.82) is 0 Å². The van der Waals surface area contributed by atoms with Crippen molar-refractivity contribution in [3.05, 3.63) is 0 Å². The number of carbonyl (C=O) groups is 1. The average molecular weight is 235 g/mol. The Hall–Kier alpha value is -0.420. The molecule has 5 heteroatoms. The summed E-state index contributed by atoms with van der Waals surface area (Å²) in [5, 5.41) is 0. The largest absolute Gasteiger partial charge is 0.299 e. The highest BCUT2D eigenvalue weighted by Gasteiger charge is 2.33. The van der Waals surface area contributed by atoms with Crippen LogP contribution in [0.3, 0.4) is 0 Å². The van der Waals surface area contributed by atoms with Gasteiger partial charge in [0.25, 0.3) is 0 Å². The fourth-order valence-electron chi connectivity index (χ4n) is 1.77. The summed E-state index contributed by atoms with van der Waals surface area (Å²) in [7, 11) is -3.24. The molecule has 0 amide bonds. The van der Waals surface area contributed by atoms with Gasteiger partial charge in [-0.25, -0.2) is 13.1 Å². The van der Waals surface area contributed by atoms with E-state index in [0.717, 1.165) is 6.26 Å². The Morgan fingerprint density at radius 1 is 1.20 bits per heavy atom. The van der Waals surface area contributed by atoms with E-state index in [-0.39, 0.29) is 5.78 Å². The number of ketones is 1. The lowest BCUT2D eigenvalue weighted by molar-refractivity contribution is -0.125. The molecule has 90 valence electrons. The lowest BCUT2D eigenvalue weighted by Gasteiger charge is -2.33. The zero-order valence-corrected chi connectivity index (χ0v) is 11.2. The molecule has 4 nitrogen and oxygen atoms in total. The highest BCUT2D eigenvalue weighted by Crippen LogP contribution is 2.28. The fourth-order valence-corrected chi connectivity index (χ4v) is 2.84. The van der Waals surface area contributed by atoms with Gasteiger partial charge in [-0.1, -0.05) is 13.8 Å². The molecule has 0 aliphatic carbocycles. The summed E-state index contributed by atoms with van der Waals surface area (Å²) in [5.41, 5.74) is -1.12. The first-order valence-electron chi connectivity index (χ1n) is 4.86. The molecule has 0 aromatic heterocycles. The molecule has 15 heavy (non-hydrogen) atoms. The van der Waals surface area contributed by atoms with Gasteiger partial charge < -0.3 is 0 Å². The van der Waals surface area contributed by atoms with Crippen molar-refractivity contribution in [2.24, 2.45) is 5.41 Å². The van der Waals surface area contributed by atoms with E-state index in [4.69, 9.17) is 0 Å². The summed E-state index contributed by atoms with van der Waals surface area (Å²) in [6, 6.07) is 0. The van der Waals surface area contributed by atoms with Crippen molar-refractivity contribution in [2.75, 3.05) is 6.26 Å². The Labute approximate surface area is 92.5 Å². The smallest absolute Gasteiger partial charge is 0.209 e. The van der Waals surface area contributed by atoms with Crippen molar-refractivity contribution in [3.8, 4) is 0 Å². The van der Waals surface area contributed by atoms with Crippen LogP contribution >= 0.6 is 0 Å². The molecule has 0 heterocycles. The number of carbonyl (C=O) groups excluding carboxylic acids is 1. The van der Waals surface area contributed by atoms with E-state index in [0.29, 0.717) is 6.42 Å². The molecule has 0 aliphatic rings. The van der Waals surface area contributed by atoms with E-state index >= 15 is 0 Å². The van der Waals surface area contributed by atoms with Crippen LogP contribution in [0.5, 0.6) is 0 Å². The van der Waals surface area contributed by atoms with Crippen LogP contribution in [0.15, 0.2) is 0 Å². The third kappa shape index (κ3) is 5.89. The summed E-state index contributed by atoms with van der Waals surface area (Å²) in [6.45, 7) is 8.72. The second-order valence-corrected chi connectivity index (χ2v) is 7.12. The lowest BCUT2D eigenvalue weighted by Crippen LogP contribution is -2.46. The zero-order valence-electron chi connectivity index (χ0n) is 10.3. The lowest BCUT2D eigenvalue weighted by atomic mass is 9.78. The maximum atomic E-state index is 11.3. The SMILES string of the molecule is CC(=O)C(C)(C)CC(C)(C)NS(C)(=O)=O. The van der Waals surface area contributed by atoms with Gasteiger partial charge >= 0.3 is 0 Å². The minimum Gasteiger partial charge on any atom is -0.299 e. The number of sulfonamides is 1. The van der Waals surface area contributed by atoms with Crippen molar-refractivity contribution in [3.63, 3.8) is 0 Å². The molecule has 0 aromatic rings. The molecule has 0 aliphatic heterocycles. The molecule has 0 unspecified atom stereocenters. The van der Waals surface area contributed by atoms with E-state index in [1.54, 1.807) is 13.8 Å². The van der Waals surface area contributed by atoms with Gasteiger partial charge in [-0.3, -0.25) is 4.79 Å². The maximum Gasteiger partial charge on any atom is 0.209 e. The molecule has 0 bridgehead atoms. The topological polar surface area (TPSA) is 63.2 Å².